The lowest BCUT2D eigenvalue weighted by Gasteiger charge is -2.49. The van der Waals surface area contributed by atoms with E-state index >= 15 is 0 Å². The van der Waals surface area contributed by atoms with Crippen LogP contribution >= 0.6 is 0 Å². The fraction of sp³-hybridized carbons (Fsp3) is 1.00. The number of hydrogen-bond donors (Lipinski definition) is 1. The SMILES string of the molecule is CCCC(C)C(CCC)(C(C)CN)C(C)CCC. The van der Waals surface area contributed by atoms with Gasteiger partial charge in [0, 0.05) is 0 Å². The van der Waals surface area contributed by atoms with Crippen LogP contribution in [0.4, 0.5) is 0 Å². The van der Waals surface area contributed by atoms with Gasteiger partial charge in [-0.1, -0.05) is 73.6 Å². The molecule has 0 bridgehead atoms. The highest BCUT2D eigenvalue weighted by atomic mass is 14.6. The summed E-state index contributed by atoms with van der Waals surface area (Å²) in [5, 5.41) is 0. The quantitative estimate of drug-likeness (QED) is 0.567. The highest BCUT2D eigenvalue weighted by Crippen LogP contribution is 2.49. The van der Waals surface area contributed by atoms with Crippen LogP contribution in [0.1, 0.15) is 80.1 Å². The van der Waals surface area contributed by atoms with E-state index in [1.54, 1.807) is 0 Å². The average molecular weight is 255 g/mol. The zero-order valence-corrected chi connectivity index (χ0v) is 13.8. The average Bonchev–Trinajstić information content (AvgIpc) is 2.35. The summed E-state index contributed by atoms with van der Waals surface area (Å²) in [7, 11) is 0. The molecule has 0 aromatic rings. The normalized spacial score (nSPS) is 20.2. The van der Waals surface area contributed by atoms with Crippen molar-refractivity contribution in [2.24, 2.45) is 28.9 Å². The molecule has 0 saturated carbocycles. The predicted molar refractivity (Wildman–Crippen MR) is 83.7 cm³/mol. The molecular weight excluding hydrogens is 218 g/mol. The molecule has 0 aliphatic heterocycles. The Morgan fingerprint density at radius 1 is 0.778 bits per heavy atom. The summed E-state index contributed by atoms with van der Waals surface area (Å²) in [4.78, 5) is 0. The Balaban J connectivity index is 5.25. The topological polar surface area (TPSA) is 26.0 Å². The van der Waals surface area contributed by atoms with Crippen LogP contribution in [0.5, 0.6) is 0 Å². The fourth-order valence-electron chi connectivity index (χ4n) is 4.25. The zero-order chi connectivity index (χ0) is 14.2. The smallest absolute Gasteiger partial charge is 0.00460 e. The van der Waals surface area contributed by atoms with E-state index in [2.05, 4.69) is 41.5 Å². The molecule has 18 heavy (non-hydrogen) atoms. The molecule has 0 aliphatic carbocycles. The van der Waals surface area contributed by atoms with Crippen molar-refractivity contribution in [3.8, 4) is 0 Å². The highest BCUT2D eigenvalue weighted by molar-refractivity contribution is 4.92. The summed E-state index contributed by atoms with van der Waals surface area (Å²) in [5.41, 5.74) is 6.51. The Morgan fingerprint density at radius 2 is 1.22 bits per heavy atom. The number of rotatable bonds is 10. The molecule has 110 valence electrons. The van der Waals surface area contributed by atoms with Crippen molar-refractivity contribution in [3.63, 3.8) is 0 Å². The van der Waals surface area contributed by atoms with E-state index in [1.807, 2.05) is 0 Å². The van der Waals surface area contributed by atoms with Gasteiger partial charge in [-0.3, -0.25) is 0 Å². The highest BCUT2D eigenvalue weighted by Gasteiger charge is 2.43. The van der Waals surface area contributed by atoms with Crippen LogP contribution in [0.25, 0.3) is 0 Å². The van der Waals surface area contributed by atoms with Gasteiger partial charge in [0.1, 0.15) is 0 Å². The Kier molecular flexibility index (Phi) is 8.94. The van der Waals surface area contributed by atoms with Gasteiger partial charge in [0.2, 0.25) is 0 Å². The first-order valence-electron chi connectivity index (χ1n) is 8.21. The van der Waals surface area contributed by atoms with Crippen molar-refractivity contribution >= 4 is 0 Å². The second kappa shape index (κ2) is 8.96. The first-order valence-corrected chi connectivity index (χ1v) is 8.21. The van der Waals surface area contributed by atoms with Crippen LogP contribution in [0.15, 0.2) is 0 Å². The van der Waals surface area contributed by atoms with E-state index in [-0.39, 0.29) is 0 Å². The molecule has 0 amide bonds. The van der Waals surface area contributed by atoms with Crippen molar-refractivity contribution in [2.45, 2.75) is 80.1 Å². The van der Waals surface area contributed by atoms with Crippen molar-refractivity contribution in [3.05, 3.63) is 0 Å². The molecule has 0 aromatic heterocycles. The molecule has 1 heteroatoms. The Hall–Kier alpha value is -0.0400. The first kappa shape index (κ1) is 18.0. The summed E-state index contributed by atoms with van der Waals surface area (Å²) < 4.78 is 0. The maximum Gasteiger partial charge on any atom is -0.00460 e. The molecule has 2 N–H and O–H groups in total. The maximum absolute atomic E-state index is 6.06. The largest absolute Gasteiger partial charge is 0.330 e. The molecule has 0 rings (SSSR count). The summed E-state index contributed by atoms with van der Waals surface area (Å²) >= 11 is 0. The van der Waals surface area contributed by atoms with Gasteiger partial charge < -0.3 is 5.73 Å². The molecule has 3 unspecified atom stereocenters. The second-order valence-electron chi connectivity index (χ2n) is 6.38. The monoisotopic (exact) mass is 255 g/mol. The van der Waals surface area contributed by atoms with E-state index in [4.69, 9.17) is 5.73 Å². The van der Waals surface area contributed by atoms with Gasteiger partial charge >= 0.3 is 0 Å². The summed E-state index contributed by atoms with van der Waals surface area (Å²) in [6.07, 6.45) is 7.91. The fourth-order valence-corrected chi connectivity index (χ4v) is 4.25. The minimum absolute atomic E-state index is 0.454. The second-order valence-corrected chi connectivity index (χ2v) is 6.38. The molecule has 0 aromatic carbocycles. The van der Waals surface area contributed by atoms with Crippen LogP contribution in [0, 0.1) is 23.2 Å². The van der Waals surface area contributed by atoms with Crippen LogP contribution < -0.4 is 5.73 Å². The Morgan fingerprint density at radius 3 is 1.50 bits per heavy atom. The molecule has 3 atom stereocenters. The molecule has 0 spiro atoms. The van der Waals surface area contributed by atoms with Gasteiger partial charge in [0.15, 0.2) is 0 Å². The molecule has 0 saturated heterocycles. The van der Waals surface area contributed by atoms with Crippen LogP contribution in [0.2, 0.25) is 0 Å². The maximum atomic E-state index is 6.06. The van der Waals surface area contributed by atoms with Crippen molar-refractivity contribution in [1.82, 2.24) is 0 Å². The summed E-state index contributed by atoms with van der Waals surface area (Å²) in [5.74, 6) is 2.23. The van der Waals surface area contributed by atoms with Gasteiger partial charge in [0.25, 0.3) is 0 Å². The lowest BCUT2D eigenvalue weighted by Crippen LogP contribution is -2.44. The molecule has 0 heterocycles. The van der Waals surface area contributed by atoms with Crippen molar-refractivity contribution in [1.29, 1.82) is 0 Å². The molecular formula is C17H37N. The third-order valence-corrected chi connectivity index (χ3v) is 5.23. The van der Waals surface area contributed by atoms with Crippen molar-refractivity contribution in [2.75, 3.05) is 6.54 Å². The standard InChI is InChI=1S/C17H37N/c1-7-10-14(4)17(12-9-3,16(6)13-18)15(5)11-8-2/h14-16H,7-13,18H2,1-6H3. The summed E-state index contributed by atoms with van der Waals surface area (Å²) in [6.45, 7) is 15.1. The van der Waals surface area contributed by atoms with Gasteiger partial charge in [-0.05, 0) is 36.1 Å². The van der Waals surface area contributed by atoms with E-state index in [0.717, 1.165) is 18.4 Å². The minimum Gasteiger partial charge on any atom is -0.330 e. The van der Waals surface area contributed by atoms with Crippen LogP contribution in [0.3, 0.4) is 0 Å². The lowest BCUT2D eigenvalue weighted by atomic mass is 9.56. The lowest BCUT2D eigenvalue weighted by molar-refractivity contribution is 0.00683. The minimum atomic E-state index is 0.454. The third-order valence-electron chi connectivity index (χ3n) is 5.23. The van der Waals surface area contributed by atoms with E-state index < -0.39 is 0 Å². The molecule has 1 nitrogen and oxygen atoms in total. The molecule has 0 fully saturated rings. The van der Waals surface area contributed by atoms with Crippen LogP contribution in [-0.4, -0.2) is 6.54 Å². The van der Waals surface area contributed by atoms with E-state index in [9.17, 15) is 0 Å². The van der Waals surface area contributed by atoms with E-state index in [1.165, 1.54) is 38.5 Å². The molecule has 0 radical (unpaired) electrons. The Labute approximate surface area is 116 Å². The van der Waals surface area contributed by atoms with Gasteiger partial charge in [0.05, 0.1) is 0 Å². The Bertz CT molecular complexity index is 188. The van der Waals surface area contributed by atoms with Gasteiger partial charge in [-0.15, -0.1) is 0 Å². The molecule has 0 aliphatic rings. The van der Waals surface area contributed by atoms with Crippen LogP contribution in [-0.2, 0) is 0 Å². The zero-order valence-electron chi connectivity index (χ0n) is 13.8. The van der Waals surface area contributed by atoms with E-state index in [0.29, 0.717) is 11.3 Å². The van der Waals surface area contributed by atoms with Gasteiger partial charge in [-0.25, -0.2) is 0 Å². The van der Waals surface area contributed by atoms with Gasteiger partial charge in [-0.2, -0.15) is 0 Å². The number of nitrogens with two attached hydrogens (primary N) is 1. The van der Waals surface area contributed by atoms with Crippen molar-refractivity contribution < 1.29 is 0 Å². The number of hydrogen-bond acceptors (Lipinski definition) is 1. The summed E-state index contributed by atoms with van der Waals surface area (Å²) in [6, 6.07) is 0. The first-order chi connectivity index (χ1) is 8.50. The third kappa shape index (κ3) is 3.98. The predicted octanol–water partition coefficient (Wildman–Crippen LogP) is 5.24.